The molecule has 0 bridgehead atoms. The Morgan fingerprint density at radius 3 is 2.60 bits per heavy atom. The molecule has 8 heteroatoms. The third-order valence-electron chi connectivity index (χ3n) is 4.39. The summed E-state index contributed by atoms with van der Waals surface area (Å²) in [4.78, 5) is 14.6. The minimum absolute atomic E-state index is 0.000866. The van der Waals surface area contributed by atoms with Gasteiger partial charge in [-0.1, -0.05) is 32.4 Å². The molecule has 25 heavy (non-hydrogen) atoms. The molecule has 0 N–H and O–H groups in total. The van der Waals surface area contributed by atoms with E-state index in [1.807, 2.05) is 6.92 Å². The van der Waals surface area contributed by atoms with Gasteiger partial charge in [-0.2, -0.15) is 4.31 Å². The molecule has 140 valence electrons. The van der Waals surface area contributed by atoms with Crippen molar-refractivity contribution in [1.82, 2.24) is 9.21 Å². The Hall–Kier alpha value is -1.15. The molecule has 1 unspecified atom stereocenters. The maximum absolute atomic E-state index is 12.8. The largest absolute Gasteiger partial charge is 0.375 e. The summed E-state index contributed by atoms with van der Waals surface area (Å²) in [5.41, 5.74) is 0.214. The average Bonchev–Trinajstić information content (AvgIpc) is 2.62. The summed E-state index contributed by atoms with van der Waals surface area (Å²) < 4.78 is 32.3. The Bertz CT molecular complexity index is 719. The lowest BCUT2D eigenvalue weighted by Crippen LogP contribution is -2.45. The van der Waals surface area contributed by atoms with E-state index < -0.39 is 10.0 Å². The van der Waals surface area contributed by atoms with Gasteiger partial charge in [-0.25, -0.2) is 8.42 Å². The van der Waals surface area contributed by atoms with Crippen molar-refractivity contribution >= 4 is 27.5 Å². The first-order chi connectivity index (χ1) is 11.8. The third kappa shape index (κ3) is 4.34. The first-order valence-electron chi connectivity index (χ1n) is 8.55. The number of morpholine rings is 1. The van der Waals surface area contributed by atoms with Crippen molar-refractivity contribution in [3.8, 4) is 0 Å². The standard InChI is InChI=1S/C17H25ClN2O4S/c1-4-13-12-19(9-10-24-13)17(21)15-11-14(7-8-16(15)18)25(22,23)20(5-2)6-3/h7-8,11,13H,4-6,9-10,12H2,1-3H3. The molecule has 0 aliphatic carbocycles. The molecular formula is C17H25ClN2O4S. The van der Waals surface area contributed by atoms with Crippen molar-refractivity contribution < 1.29 is 17.9 Å². The van der Waals surface area contributed by atoms with Crippen LogP contribution in [0.25, 0.3) is 0 Å². The number of amides is 1. The minimum atomic E-state index is -3.64. The zero-order valence-electron chi connectivity index (χ0n) is 14.9. The number of carbonyl (C=O) groups excluding carboxylic acids is 1. The minimum Gasteiger partial charge on any atom is -0.375 e. The van der Waals surface area contributed by atoms with Gasteiger partial charge in [-0.05, 0) is 24.6 Å². The lowest BCUT2D eigenvalue weighted by molar-refractivity contribution is -0.0226. The SMILES string of the molecule is CCC1CN(C(=O)c2cc(S(=O)(=O)N(CC)CC)ccc2Cl)CCO1. The molecule has 1 saturated heterocycles. The number of ether oxygens (including phenoxy) is 1. The quantitative estimate of drug-likeness (QED) is 0.751. The molecule has 1 atom stereocenters. The Morgan fingerprint density at radius 1 is 1.32 bits per heavy atom. The van der Waals surface area contributed by atoms with Gasteiger partial charge in [-0.3, -0.25) is 4.79 Å². The van der Waals surface area contributed by atoms with E-state index in [-0.39, 0.29) is 27.5 Å². The van der Waals surface area contributed by atoms with E-state index in [1.165, 1.54) is 22.5 Å². The van der Waals surface area contributed by atoms with Crippen LogP contribution in [0.2, 0.25) is 5.02 Å². The second-order valence-electron chi connectivity index (χ2n) is 5.88. The van der Waals surface area contributed by atoms with Crippen LogP contribution in [0.15, 0.2) is 23.1 Å². The molecule has 6 nitrogen and oxygen atoms in total. The van der Waals surface area contributed by atoms with Gasteiger partial charge in [0.05, 0.1) is 28.2 Å². The van der Waals surface area contributed by atoms with E-state index in [0.29, 0.717) is 32.8 Å². The van der Waals surface area contributed by atoms with Gasteiger partial charge in [0, 0.05) is 26.2 Å². The van der Waals surface area contributed by atoms with E-state index in [0.717, 1.165) is 6.42 Å². The lowest BCUT2D eigenvalue weighted by Gasteiger charge is -2.32. The Balaban J connectivity index is 2.34. The summed E-state index contributed by atoms with van der Waals surface area (Å²) >= 11 is 6.19. The molecule has 2 rings (SSSR count). The smallest absolute Gasteiger partial charge is 0.255 e. The van der Waals surface area contributed by atoms with Crippen LogP contribution in [0.1, 0.15) is 37.6 Å². The van der Waals surface area contributed by atoms with Crippen LogP contribution in [-0.2, 0) is 14.8 Å². The summed E-state index contributed by atoms with van der Waals surface area (Å²) in [6.07, 6.45) is 0.813. The van der Waals surface area contributed by atoms with Crippen molar-refractivity contribution in [1.29, 1.82) is 0 Å². The molecule has 0 radical (unpaired) electrons. The lowest BCUT2D eigenvalue weighted by atomic mass is 10.1. The number of sulfonamides is 1. The van der Waals surface area contributed by atoms with Crippen molar-refractivity contribution in [3.63, 3.8) is 0 Å². The van der Waals surface area contributed by atoms with Crippen LogP contribution >= 0.6 is 11.6 Å². The van der Waals surface area contributed by atoms with E-state index in [1.54, 1.807) is 18.7 Å². The number of carbonyl (C=O) groups is 1. The number of hydrogen-bond acceptors (Lipinski definition) is 4. The van der Waals surface area contributed by atoms with Gasteiger partial charge in [0.25, 0.3) is 5.91 Å². The number of halogens is 1. The highest BCUT2D eigenvalue weighted by molar-refractivity contribution is 7.89. The van der Waals surface area contributed by atoms with Crippen molar-refractivity contribution in [2.75, 3.05) is 32.8 Å². The second kappa shape index (κ2) is 8.49. The highest BCUT2D eigenvalue weighted by Crippen LogP contribution is 2.25. The molecule has 1 amide bonds. The highest BCUT2D eigenvalue weighted by atomic mass is 35.5. The van der Waals surface area contributed by atoms with Gasteiger partial charge in [0.2, 0.25) is 10.0 Å². The molecule has 1 aliphatic rings. The van der Waals surface area contributed by atoms with Crippen molar-refractivity contribution in [3.05, 3.63) is 28.8 Å². The molecule has 1 aliphatic heterocycles. The molecule has 0 spiro atoms. The summed E-state index contributed by atoms with van der Waals surface area (Å²) in [7, 11) is -3.64. The summed E-state index contributed by atoms with van der Waals surface area (Å²) in [6.45, 7) is 7.72. The molecule has 1 aromatic rings. The second-order valence-corrected chi connectivity index (χ2v) is 8.23. The van der Waals surface area contributed by atoms with E-state index >= 15 is 0 Å². The van der Waals surface area contributed by atoms with E-state index in [4.69, 9.17) is 16.3 Å². The molecule has 1 aromatic carbocycles. The highest BCUT2D eigenvalue weighted by Gasteiger charge is 2.28. The molecule has 0 saturated carbocycles. The first kappa shape index (κ1) is 20.2. The fourth-order valence-corrected chi connectivity index (χ4v) is 4.55. The number of benzene rings is 1. The maximum Gasteiger partial charge on any atom is 0.255 e. The van der Waals surface area contributed by atoms with Crippen molar-refractivity contribution in [2.45, 2.75) is 38.2 Å². The maximum atomic E-state index is 12.8. The fourth-order valence-electron chi connectivity index (χ4n) is 2.86. The topological polar surface area (TPSA) is 66.9 Å². The number of rotatable bonds is 6. The predicted molar refractivity (Wildman–Crippen MR) is 97.5 cm³/mol. The van der Waals surface area contributed by atoms with Crippen LogP contribution < -0.4 is 0 Å². The average molecular weight is 389 g/mol. The molecule has 0 aromatic heterocycles. The molecular weight excluding hydrogens is 364 g/mol. The normalized spacial score (nSPS) is 18.6. The summed E-state index contributed by atoms with van der Waals surface area (Å²) in [6, 6.07) is 4.30. The Kier molecular flexibility index (Phi) is 6.85. The third-order valence-corrected chi connectivity index (χ3v) is 6.77. The number of nitrogens with zero attached hydrogens (tertiary/aromatic N) is 2. The predicted octanol–water partition coefficient (Wildman–Crippen LogP) is 2.62. The van der Waals surface area contributed by atoms with Crippen LogP contribution in [0, 0.1) is 0 Å². The monoisotopic (exact) mass is 388 g/mol. The number of hydrogen-bond donors (Lipinski definition) is 0. The zero-order valence-corrected chi connectivity index (χ0v) is 16.4. The van der Waals surface area contributed by atoms with E-state index in [9.17, 15) is 13.2 Å². The zero-order chi connectivity index (χ0) is 18.6. The van der Waals surface area contributed by atoms with E-state index in [2.05, 4.69) is 0 Å². The van der Waals surface area contributed by atoms with Crippen LogP contribution in [-0.4, -0.2) is 62.4 Å². The van der Waals surface area contributed by atoms with Gasteiger partial charge in [-0.15, -0.1) is 0 Å². The van der Waals surface area contributed by atoms with Gasteiger partial charge in [0.15, 0.2) is 0 Å². The Labute approximate surface area is 154 Å². The Morgan fingerprint density at radius 2 is 2.00 bits per heavy atom. The van der Waals surface area contributed by atoms with Crippen LogP contribution in [0.4, 0.5) is 0 Å². The van der Waals surface area contributed by atoms with Gasteiger partial charge >= 0.3 is 0 Å². The van der Waals surface area contributed by atoms with Crippen LogP contribution in [0.3, 0.4) is 0 Å². The van der Waals surface area contributed by atoms with Crippen LogP contribution in [0.5, 0.6) is 0 Å². The molecule has 1 fully saturated rings. The molecule has 1 heterocycles. The van der Waals surface area contributed by atoms with Gasteiger partial charge < -0.3 is 9.64 Å². The van der Waals surface area contributed by atoms with Gasteiger partial charge in [0.1, 0.15) is 0 Å². The fraction of sp³-hybridized carbons (Fsp3) is 0.588. The summed E-state index contributed by atoms with van der Waals surface area (Å²) in [5.74, 6) is -0.261. The first-order valence-corrected chi connectivity index (χ1v) is 10.4. The van der Waals surface area contributed by atoms with Crippen molar-refractivity contribution in [2.24, 2.45) is 0 Å². The summed E-state index contributed by atoms with van der Waals surface area (Å²) in [5, 5.41) is 0.253.